The Morgan fingerprint density at radius 2 is 1.81 bits per heavy atom. The van der Waals surface area contributed by atoms with Gasteiger partial charge in [-0.2, -0.15) is 0 Å². The minimum atomic E-state index is 0. The van der Waals surface area contributed by atoms with Crippen LogP contribution in [-0.4, -0.2) is 30.5 Å². The highest BCUT2D eigenvalue weighted by atomic mass is 35.5. The lowest BCUT2D eigenvalue weighted by molar-refractivity contribution is -0.139. The number of likely N-dealkylation sites (tertiary alicyclic amines) is 1. The fraction of sp³-hybridized carbons (Fsp3) is 0.667. The summed E-state index contributed by atoms with van der Waals surface area (Å²) in [5.74, 6) is 2.53. The van der Waals surface area contributed by atoms with E-state index in [1.54, 1.807) is 7.11 Å². The fourth-order valence-electron chi connectivity index (χ4n) is 5.52. The molecule has 3 atom stereocenters. The monoisotopic (exact) mass is 378 g/mol. The van der Waals surface area contributed by atoms with Gasteiger partial charge in [0, 0.05) is 24.1 Å². The molecule has 2 bridgehead atoms. The van der Waals surface area contributed by atoms with E-state index in [0.29, 0.717) is 23.8 Å². The van der Waals surface area contributed by atoms with Gasteiger partial charge in [0.2, 0.25) is 5.91 Å². The number of carbonyl (C=O) groups is 1. The van der Waals surface area contributed by atoms with Gasteiger partial charge < -0.3 is 15.4 Å². The van der Waals surface area contributed by atoms with E-state index in [9.17, 15) is 4.79 Å². The van der Waals surface area contributed by atoms with Crippen molar-refractivity contribution < 1.29 is 9.53 Å². The molecule has 3 unspecified atom stereocenters. The molecule has 0 radical (unpaired) electrons. The number of methoxy groups -OCH3 is 1. The molecule has 1 aromatic rings. The number of fused-ring (bicyclic) bond motifs is 2. The van der Waals surface area contributed by atoms with Crippen LogP contribution in [0.25, 0.3) is 0 Å². The number of amides is 1. The van der Waals surface area contributed by atoms with Gasteiger partial charge in [0.25, 0.3) is 0 Å². The molecule has 3 fully saturated rings. The maximum absolute atomic E-state index is 13.4. The zero-order valence-electron chi connectivity index (χ0n) is 15.6. The molecule has 26 heavy (non-hydrogen) atoms. The molecule has 5 heteroatoms. The number of carbonyl (C=O) groups excluding carboxylic acids is 1. The fourth-order valence-corrected chi connectivity index (χ4v) is 5.52. The summed E-state index contributed by atoms with van der Waals surface area (Å²) in [6, 6.07) is 8.64. The number of nitrogens with two attached hydrogens (primary N) is 1. The van der Waals surface area contributed by atoms with E-state index in [4.69, 9.17) is 10.5 Å². The maximum atomic E-state index is 13.4. The second kappa shape index (κ2) is 8.18. The molecule has 0 aromatic heterocycles. The number of rotatable bonds is 3. The summed E-state index contributed by atoms with van der Waals surface area (Å²) in [5, 5.41) is 0. The smallest absolute Gasteiger partial charge is 0.226 e. The number of para-hydroxylation sites is 1. The van der Waals surface area contributed by atoms with Crippen LogP contribution in [0, 0.1) is 17.8 Å². The minimum absolute atomic E-state index is 0. The molecular weight excluding hydrogens is 348 g/mol. The molecule has 144 valence electrons. The summed E-state index contributed by atoms with van der Waals surface area (Å²) in [7, 11) is 1.71. The average Bonchev–Trinajstić information content (AvgIpc) is 3.10. The third-order valence-corrected chi connectivity index (χ3v) is 6.80. The SMILES string of the molecule is COc1ccccc1C1CCCN1C(=O)C1CC2CCCC(C1)C2N.Cl. The molecule has 4 nitrogen and oxygen atoms in total. The van der Waals surface area contributed by atoms with Crippen LogP contribution in [0.1, 0.15) is 56.6 Å². The molecule has 3 aliphatic rings. The molecule has 2 aliphatic carbocycles. The van der Waals surface area contributed by atoms with Crippen molar-refractivity contribution in [2.75, 3.05) is 13.7 Å². The standard InChI is InChI=1S/C21H30N2O2.ClH/c1-25-19-10-3-2-8-17(19)18-9-5-11-23(18)21(24)16-12-14-6-4-7-15(13-16)20(14)22;/h2-3,8,10,14-16,18,20H,4-7,9,11-13,22H2,1H3;1H. The molecule has 4 rings (SSSR count). The first-order valence-corrected chi connectivity index (χ1v) is 9.88. The molecule has 2 N–H and O–H groups in total. The third kappa shape index (κ3) is 3.46. The first-order valence-electron chi connectivity index (χ1n) is 9.88. The van der Waals surface area contributed by atoms with E-state index < -0.39 is 0 Å². The van der Waals surface area contributed by atoms with Gasteiger partial charge in [-0.05, 0) is 56.4 Å². The highest BCUT2D eigenvalue weighted by molar-refractivity contribution is 5.85. The highest BCUT2D eigenvalue weighted by Crippen LogP contribution is 2.44. The quantitative estimate of drug-likeness (QED) is 0.866. The summed E-state index contributed by atoms with van der Waals surface area (Å²) in [5.41, 5.74) is 7.57. The van der Waals surface area contributed by atoms with Crippen LogP contribution < -0.4 is 10.5 Å². The normalized spacial score (nSPS) is 33.5. The van der Waals surface area contributed by atoms with Crippen molar-refractivity contribution in [3.63, 3.8) is 0 Å². The van der Waals surface area contributed by atoms with Crippen molar-refractivity contribution in [3.05, 3.63) is 29.8 Å². The van der Waals surface area contributed by atoms with E-state index in [1.165, 1.54) is 19.3 Å². The molecule has 1 saturated heterocycles. The topological polar surface area (TPSA) is 55.6 Å². The Balaban J connectivity index is 0.00000196. The van der Waals surface area contributed by atoms with Gasteiger partial charge in [0.15, 0.2) is 0 Å². The first kappa shape index (κ1) is 19.5. The lowest BCUT2D eigenvalue weighted by Gasteiger charge is -2.44. The summed E-state index contributed by atoms with van der Waals surface area (Å²) < 4.78 is 5.55. The van der Waals surface area contributed by atoms with E-state index in [1.807, 2.05) is 18.2 Å². The van der Waals surface area contributed by atoms with Crippen LogP contribution in [0.15, 0.2) is 24.3 Å². The van der Waals surface area contributed by atoms with E-state index >= 15 is 0 Å². The van der Waals surface area contributed by atoms with Gasteiger partial charge in [-0.25, -0.2) is 0 Å². The molecule has 1 aromatic carbocycles. The largest absolute Gasteiger partial charge is 0.496 e. The zero-order chi connectivity index (χ0) is 17.4. The van der Waals surface area contributed by atoms with Crippen molar-refractivity contribution in [1.29, 1.82) is 0 Å². The predicted molar refractivity (Wildman–Crippen MR) is 105 cm³/mol. The van der Waals surface area contributed by atoms with Gasteiger partial charge in [0.1, 0.15) is 5.75 Å². The van der Waals surface area contributed by atoms with Gasteiger partial charge in [0.05, 0.1) is 13.2 Å². The molecule has 1 aliphatic heterocycles. The average molecular weight is 379 g/mol. The van der Waals surface area contributed by atoms with Crippen LogP contribution in [-0.2, 0) is 4.79 Å². The molecule has 1 heterocycles. The van der Waals surface area contributed by atoms with Crippen LogP contribution in [0.5, 0.6) is 5.75 Å². The lowest BCUT2D eigenvalue weighted by atomic mass is 9.65. The van der Waals surface area contributed by atoms with Gasteiger partial charge in [-0.1, -0.05) is 24.6 Å². The second-order valence-electron chi connectivity index (χ2n) is 8.13. The maximum Gasteiger partial charge on any atom is 0.226 e. The number of nitrogens with zero attached hydrogens (tertiary/aromatic N) is 1. The minimum Gasteiger partial charge on any atom is -0.496 e. The third-order valence-electron chi connectivity index (χ3n) is 6.80. The zero-order valence-corrected chi connectivity index (χ0v) is 16.4. The summed E-state index contributed by atoms with van der Waals surface area (Å²) in [6.45, 7) is 0.874. The molecule has 1 amide bonds. The van der Waals surface area contributed by atoms with Crippen molar-refractivity contribution in [3.8, 4) is 5.75 Å². The Bertz CT molecular complexity index is 624. The summed E-state index contributed by atoms with van der Waals surface area (Å²) in [6.07, 6.45) is 7.79. The number of benzene rings is 1. The van der Waals surface area contributed by atoms with Crippen molar-refractivity contribution in [1.82, 2.24) is 4.90 Å². The van der Waals surface area contributed by atoms with Crippen molar-refractivity contribution in [2.45, 2.75) is 57.0 Å². The number of hydrogen-bond acceptors (Lipinski definition) is 3. The Labute approximate surface area is 162 Å². The number of halogens is 1. The lowest BCUT2D eigenvalue weighted by Crippen LogP contribution is -2.49. The van der Waals surface area contributed by atoms with Crippen LogP contribution >= 0.6 is 12.4 Å². The van der Waals surface area contributed by atoms with Crippen LogP contribution in [0.4, 0.5) is 0 Å². The molecule has 2 saturated carbocycles. The molecule has 0 spiro atoms. The van der Waals surface area contributed by atoms with Crippen molar-refractivity contribution in [2.24, 2.45) is 23.5 Å². The number of ether oxygens (including phenoxy) is 1. The Kier molecular flexibility index (Phi) is 6.13. The van der Waals surface area contributed by atoms with Crippen LogP contribution in [0.2, 0.25) is 0 Å². The first-order chi connectivity index (χ1) is 12.2. The number of hydrogen-bond donors (Lipinski definition) is 1. The Morgan fingerprint density at radius 3 is 2.50 bits per heavy atom. The van der Waals surface area contributed by atoms with E-state index in [-0.39, 0.29) is 24.4 Å². The van der Waals surface area contributed by atoms with Gasteiger partial charge in [-0.3, -0.25) is 4.79 Å². The van der Waals surface area contributed by atoms with Gasteiger partial charge >= 0.3 is 0 Å². The summed E-state index contributed by atoms with van der Waals surface area (Å²) in [4.78, 5) is 15.5. The van der Waals surface area contributed by atoms with Crippen LogP contribution in [0.3, 0.4) is 0 Å². The Hall–Kier alpha value is -1.26. The van der Waals surface area contributed by atoms with E-state index in [2.05, 4.69) is 11.0 Å². The van der Waals surface area contributed by atoms with Gasteiger partial charge in [-0.15, -0.1) is 12.4 Å². The second-order valence-corrected chi connectivity index (χ2v) is 8.13. The Morgan fingerprint density at radius 1 is 1.12 bits per heavy atom. The van der Waals surface area contributed by atoms with E-state index in [0.717, 1.165) is 43.5 Å². The summed E-state index contributed by atoms with van der Waals surface area (Å²) >= 11 is 0. The highest BCUT2D eigenvalue weighted by Gasteiger charge is 2.43. The van der Waals surface area contributed by atoms with Crippen molar-refractivity contribution >= 4 is 18.3 Å². The molecular formula is C21H31ClN2O2. The predicted octanol–water partition coefficient (Wildman–Crippen LogP) is 3.93.